The van der Waals surface area contributed by atoms with Gasteiger partial charge in [-0.3, -0.25) is 0 Å². The number of aliphatic hydroxyl groups is 1. The maximum absolute atomic E-state index is 12.4. The largest absolute Gasteiger partial charge is 0.393 e. The number of fused-ring (bicyclic) bond motifs is 2. The number of hydrogen-bond donors (Lipinski definition) is 1. The minimum atomic E-state index is -3.15. The zero-order valence-corrected chi connectivity index (χ0v) is 12.4. The molecular weight excluding hydrogens is 250 g/mol. The molecule has 0 radical (unpaired) electrons. The van der Waals surface area contributed by atoms with E-state index in [1.165, 1.54) is 0 Å². The van der Waals surface area contributed by atoms with Crippen LogP contribution in [0.15, 0.2) is 0 Å². The highest BCUT2D eigenvalue weighted by atomic mass is 32.2. The van der Waals surface area contributed by atoms with Crippen molar-refractivity contribution in [2.24, 2.45) is 5.41 Å². The second-order valence-electron chi connectivity index (χ2n) is 6.97. The van der Waals surface area contributed by atoms with Gasteiger partial charge in [0.25, 0.3) is 0 Å². The Hall–Kier alpha value is -0.130. The number of aliphatic hydroxyl groups excluding tert-OH is 1. The van der Waals surface area contributed by atoms with Crippen LogP contribution in [-0.4, -0.2) is 41.8 Å². The summed E-state index contributed by atoms with van der Waals surface area (Å²) in [5, 5.41) is 9.71. The second kappa shape index (κ2) is 4.76. The van der Waals surface area contributed by atoms with Crippen molar-refractivity contribution < 1.29 is 13.5 Å². The lowest BCUT2D eigenvalue weighted by Crippen LogP contribution is -2.48. The van der Waals surface area contributed by atoms with Crippen LogP contribution in [0.4, 0.5) is 0 Å². The van der Waals surface area contributed by atoms with Crippen molar-refractivity contribution in [3.05, 3.63) is 0 Å². The Morgan fingerprint density at radius 1 is 1.17 bits per heavy atom. The molecule has 0 spiro atoms. The highest BCUT2D eigenvalue weighted by molar-refractivity contribution is 7.89. The summed E-state index contributed by atoms with van der Waals surface area (Å²) < 4.78 is 26.6. The van der Waals surface area contributed by atoms with Crippen molar-refractivity contribution in [3.8, 4) is 0 Å². The summed E-state index contributed by atoms with van der Waals surface area (Å²) in [6.07, 6.45) is 3.44. The van der Waals surface area contributed by atoms with Crippen LogP contribution < -0.4 is 0 Å². The molecule has 2 rings (SSSR count). The molecule has 2 aliphatic rings. The molecule has 106 valence electrons. The lowest BCUT2D eigenvalue weighted by molar-refractivity contribution is 0.0767. The zero-order chi connectivity index (χ0) is 13.6. The van der Waals surface area contributed by atoms with Gasteiger partial charge < -0.3 is 5.11 Å². The van der Waals surface area contributed by atoms with E-state index >= 15 is 0 Å². The Morgan fingerprint density at radius 3 is 2.11 bits per heavy atom. The summed E-state index contributed by atoms with van der Waals surface area (Å²) in [4.78, 5) is 0. The van der Waals surface area contributed by atoms with E-state index < -0.39 is 10.0 Å². The molecule has 0 aliphatic carbocycles. The summed E-state index contributed by atoms with van der Waals surface area (Å²) in [6, 6.07) is 0.0902. The van der Waals surface area contributed by atoms with Gasteiger partial charge in [0.15, 0.2) is 0 Å². The third-order valence-corrected chi connectivity index (χ3v) is 6.03. The van der Waals surface area contributed by atoms with Crippen molar-refractivity contribution in [2.45, 2.75) is 71.1 Å². The Bertz CT molecular complexity index is 385. The molecule has 18 heavy (non-hydrogen) atoms. The van der Waals surface area contributed by atoms with E-state index in [2.05, 4.69) is 20.8 Å². The molecule has 2 saturated heterocycles. The van der Waals surface area contributed by atoms with Crippen LogP contribution in [0.1, 0.15) is 52.9 Å². The van der Waals surface area contributed by atoms with E-state index in [1.807, 2.05) is 0 Å². The molecule has 2 unspecified atom stereocenters. The Kier molecular flexibility index (Phi) is 3.78. The van der Waals surface area contributed by atoms with Gasteiger partial charge >= 0.3 is 0 Å². The minimum Gasteiger partial charge on any atom is -0.393 e. The molecule has 2 bridgehead atoms. The summed E-state index contributed by atoms with van der Waals surface area (Å²) in [5.41, 5.74) is 0.0431. The van der Waals surface area contributed by atoms with Crippen molar-refractivity contribution >= 4 is 10.0 Å². The van der Waals surface area contributed by atoms with Gasteiger partial charge in [-0.1, -0.05) is 20.8 Å². The number of nitrogens with zero attached hydrogens (tertiary/aromatic N) is 1. The SMILES string of the molecule is CC(C)(C)CCS(=O)(=O)N1C2CCC1CC(O)C2. The van der Waals surface area contributed by atoms with E-state index in [1.54, 1.807) is 4.31 Å². The topological polar surface area (TPSA) is 57.6 Å². The van der Waals surface area contributed by atoms with Crippen molar-refractivity contribution in [2.75, 3.05) is 5.75 Å². The van der Waals surface area contributed by atoms with Crippen LogP contribution >= 0.6 is 0 Å². The van der Waals surface area contributed by atoms with E-state index in [0.717, 1.165) is 12.8 Å². The van der Waals surface area contributed by atoms with Gasteiger partial charge in [-0.05, 0) is 37.5 Å². The third kappa shape index (κ3) is 3.06. The van der Waals surface area contributed by atoms with Gasteiger partial charge in [0.05, 0.1) is 11.9 Å². The fraction of sp³-hybridized carbons (Fsp3) is 1.00. The molecule has 2 aliphatic heterocycles. The fourth-order valence-corrected chi connectivity index (χ4v) is 5.47. The van der Waals surface area contributed by atoms with Crippen molar-refractivity contribution in [1.82, 2.24) is 4.31 Å². The summed E-state index contributed by atoms with van der Waals surface area (Å²) in [5.74, 6) is 0.236. The lowest BCUT2D eigenvalue weighted by atomic mass is 9.94. The molecule has 2 atom stereocenters. The molecule has 0 aromatic carbocycles. The highest BCUT2D eigenvalue weighted by Crippen LogP contribution is 2.38. The first-order chi connectivity index (χ1) is 8.19. The molecular formula is C13H25NO3S. The smallest absolute Gasteiger partial charge is 0.214 e. The number of sulfonamides is 1. The van der Waals surface area contributed by atoms with Crippen LogP contribution in [0.3, 0.4) is 0 Å². The first-order valence-corrected chi connectivity index (χ1v) is 8.49. The molecule has 0 saturated carbocycles. The van der Waals surface area contributed by atoms with Gasteiger partial charge in [-0.2, -0.15) is 4.31 Å². The van der Waals surface area contributed by atoms with Crippen molar-refractivity contribution in [3.63, 3.8) is 0 Å². The van der Waals surface area contributed by atoms with Gasteiger partial charge in [-0.15, -0.1) is 0 Å². The predicted octanol–water partition coefficient (Wildman–Crippen LogP) is 1.74. The Labute approximate surface area is 110 Å². The zero-order valence-electron chi connectivity index (χ0n) is 11.6. The Morgan fingerprint density at radius 2 is 1.67 bits per heavy atom. The van der Waals surface area contributed by atoms with Crippen LogP contribution in [0.2, 0.25) is 0 Å². The van der Waals surface area contributed by atoms with E-state index in [4.69, 9.17) is 0 Å². The van der Waals surface area contributed by atoms with Crippen LogP contribution in [0.5, 0.6) is 0 Å². The molecule has 1 N–H and O–H groups in total. The first kappa shape index (κ1) is 14.3. The first-order valence-electron chi connectivity index (χ1n) is 6.88. The third-order valence-electron chi connectivity index (χ3n) is 4.07. The van der Waals surface area contributed by atoms with E-state index in [0.29, 0.717) is 19.3 Å². The average molecular weight is 275 g/mol. The van der Waals surface area contributed by atoms with Gasteiger partial charge in [0, 0.05) is 12.1 Å². The predicted molar refractivity (Wildman–Crippen MR) is 71.7 cm³/mol. The quantitative estimate of drug-likeness (QED) is 0.853. The normalized spacial score (nSPS) is 33.9. The van der Waals surface area contributed by atoms with Crippen LogP contribution in [0.25, 0.3) is 0 Å². The van der Waals surface area contributed by atoms with Gasteiger partial charge in [0.2, 0.25) is 10.0 Å². The molecule has 0 aromatic rings. The maximum Gasteiger partial charge on any atom is 0.214 e. The van der Waals surface area contributed by atoms with Crippen molar-refractivity contribution in [1.29, 1.82) is 0 Å². The van der Waals surface area contributed by atoms with E-state index in [9.17, 15) is 13.5 Å². The van der Waals surface area contributed by atoms with E-state index in [-0.39, 0.29) is 29.4 Å². The highest BCUT2D eigenvalue weighted by Gasteiger charge is 2.46. The summed E-state index contributed by atoms with van der Waals surface area (Å²) in [7, 11) is -3.15. The molecule has 0 amide bonds. The number of piperidine rings is 1. The molecule has 2 heterocycles. The molecule has 2 fully saturated rings. The standard InChI is InChI=1S/C13H25NO3S/c1-13(2,3)6-7-18(16,17)14-10-4-5-11(14)9-12(15)8-10/h10-12,15H,4-9H2,1-3H3. The summed E-state index contributed by atoms with van der Waals surface area (Å²) in [6.45, 7) is 6.20. The summed E-state index contributed by atoms with van der Waals surface area (Å²) >= 11 is 0. The lowest BCUT2D eigenvalue weighted by Gasteiger charge is -2.36. The van der Waals surface area contributed by atoms with Crippen LogP contribution in [-0.2, 0) is 10.0 Å². The molecule has 0 aromatic heterocycles. The maximum atomic E-state index is 12.4. The van der Waals surface area contributed by atoms with Crippen LogP contribution in [0, 0.1) is 5.41 Å². The fourth-order valence-electron chi connectivity index (χ4n) is 3.10. The van der Waals surface area contributed by atoms with Gasteiger partial charge in [0.1, 0.15) is 0 Å². The van der Waals surface area contributed by atoms with Gasteiger partial charge in [-0.25, -0.2) is 8.42 Å². The number of hydrogen-bond acceptors (Lipinski definition) is 3. The average Bonchev–Trinajstić information content (AvgIpc) is 2.49. The molecule has 4 nitrogen and oxygen atoms in total. The monoisotopic (exact) mass is 275 g/mol. The second-order valence-corrected chi connectivity index (χ2v) is 8.96. The number of rotatable bonds is 3. The molecule has 5 heteroatoms. The Balaban J connectivity index is 2.07. The minimum absolute atomic E-state index is 0.0431.